The second-order valence-electron chi connectivity index (χ2n) is 6.35. The number of carboxylic acid groups (broad SMARTS) is 1. The first kappa shape index (κ1) is 20.2. The van der Waals surface area contributed by atoms with Gasteiger partial charge in [0.1, 0.15) is 5.75 Å². The highest BCUT2D eigenvalue weighted by Crippen LogP contribution is 2.25. The van der Waals surface area contributed by atoms with Crippen LogP contribution in [0, 0.1) is 13.8 Å². The fourth-order valence-electron chi connectivity index (χ4n) is 3.02. The number of aromatic hydroxyl groups is 1. The molecule has 0 fully saturated rings. The van der Waals surface area contributed by atoms with E-state index in [-0.39, 0.29) is 21.9 Å². The molecule has 0 saturated carbocycles. The molecular weight excluding hydrogens is 394 g/mol. The number of aryl methyl sites for hydroxylation is 1. The molecule has 29 heavy (non-hydrogen) atoms. The molecule has 1 heterocycles. The van der Waals surface area contributed by atoms with Gasteiger partial charge in [-0.1, -0.05) is 23.7 Å². The van der Waals surface area contributed by atoms with Crippen LogP contribution in [0.4, 0.5) is 0 Å². The number of phenols is 1. The van der Waals surface area contributed by atoms with Crippen LogP contribution in [-0.2, 0) is 0 Å². The Hall–Kier alpha value is -3.58. The molecular formula is C21H18ClN3O4. The molecule has 148 valence electrons. The average molecular weight is 412 g/mol. The standard InChI is InChI=1S/C21H18ClN3O4/c1-12-9-14(11-23-24-20(27)17-5-3-4-6-19(17)26)13(2)25(12)15-7-8-16(21(28)29)18(22)10-15/h3-11,26H,1-2H3,(H,24,27)(H,28,29)/b23-11+. The maximum absolute atomic E-state index is 12.1. The Morgan fingerprint density at radius 2 is 1.83 bits per heavy atom. The van der Waals surface area contributed by atoms with Gasteiger partial charge in [0.25, 0.3) is 5.91 Å². The van der Waals surface area contributed by atoms with E-state index in [1.165, 1.54) is 24.4 Å². The number of benzene rings is 2. The number of rotatable bonds is 5. The third-order valence-electron chi connectivity index (χ3n) is 4.43. The molecule has 0 spiro atoms. The predicted molar refractivity (Wildman–Crippen MR) is 110 cm³/mol. The number of hydrogen-bond donors (Lipinski definition) is 3. The van der Waals surface area contributed by atoms with Gasteiger partial charge < -0.3 is 14.8 Å². The highest BCUT2D eigenvalue weighted by Gasteiger charge is 2.14. The summed E-state index contributed by atoms with van der Waals surface area (Å²) < 4.78 is 1.91. The monoisotopic (exact) mass is 411 g/mol. The van der Waals surface area contributed by atoms with Gasteiger partial charge in [-0.05, 0) is 50.2 Å². The van der Waals surface area contributed by atoms with Crippen LogP contribution in [0.3, 0.4) is 0 Å². The number of nitrogens with one attached hydrogen (secondary N) is 1. The van der Waals surface area contributed by atoms with Gasteiger partial charge in [-0.15, -0.1) is 0 Å². The molecule has 1 amide bonds. The van der Waals surface area contributed by atoms with Crippen molar-refractivity contribution in [3.63, 3.8) is 0 Å². The van der Waals surface area contributed by atoms with E-state index in [4.69, 9.17) is 16.7 Å². The minimum Gasteiger partial charge on any atom is -0.507 e. The van der Waals surface area contributed by atoms with Gasteiger partial charge in [-0.2, -0.15) is 5.10 Å². The van der Waals surface area contributed by atoms with E-state index in [2.05, 4.69) is 10.5 Å². The number of nitrogens with zero attached hydrogens (tertiary/aromatic N) is 2. The predicted octanol–water partition coefficient (Wildman–Crippen LogP) is 3.92. The quantitative estimate of drug-likeness (QED) is 0.437. The number of para-hydroxylation sites is 1. The summed E-state index contributed by atoms with van der Waals surface area (Å²) in [5.74, 6) is -1.74. The summed E-state index contributed by atoms with van der Waals surface area (Å²) in [6, 6.07) is 12.8. The molecule has 2 aromatic carbocycles. The van der Waals surface area contributed by atoms with Gasteiger partial charge in [0.15, 0.2) is 0 Å². The summed E-state index contributed by atoms with van der Waals surface area (Å²) in [6.45, 7) is 3.77. The number of aromatic carboxylic acids is 1. The zero-order valence-corrected chi connectivity index (χ0v) is 16.4. The Bertz CT molecular complexity index is 1130. The Morgan fingerprint density at radius 3 is 2.48 bits per heavy atom. The Balaban J connectivity index is 1.84. The second-order valence-corrected chi connectivity index (χ2v) is 6.75. The van der Waals surface area contributed by atoms with Crippen LogP contribution in [0.5, 0.6) is 5.75 Å². The zero-order chi connectivity index (χ0) is 21.1. The molecule has 3 rings (SSSR count). The summed E-state index contributed by atoms with van der Waals surface area (Å²) in [5.41, 5.74) is 5.75. The Labute approximate surface area is 171 Å². The number of phenolic OH excluding ortho intramolecular Hbond substituents is 1. The van der Waals surface area contributed by atoms with Crippen LogP contribution in [0.15, 0.2) is 53.6 Å². The molecule has 0 unspecified atom stereocenters. The third-order valence-corrected chi connectivity index (χ3v) is 4.74. The van der Waals surface area contributed by atoms with Crippen molar-refractivity contribution in [2.45, 2.75) is 13.8 Å². The van der Waals surface area contributed by atoms with E-state index in [0.29, 0.717) is 5.69 Å². The van der Waals surface area contributed by atoms with Crippen LogP contribution in [-0.4, -0.2) is 32.9 Å². The van der Waals surface area contributed by atoms with Gasteiger partial charge in [0.2, 0.25) is 0 Å². The number of hydrogen-bond acceptors (Lipinski definition) is 4. The first-order valence-electron chi connectivity index (χ1n) is 8.63. The van der Waals surface area contributed by atoms with Gasteiger partial charge in [0, 0.05) is 22.6 Å². The van der Waals surface area contributed by atoms with Crippen LogP contribution in [0.1, 0.15) is 37.7 Å². The lowest BCUT2D eigenvalue weighted by molar-refractivity contribution is 0.0696. The summed E-state index contributed by atoms with van der Waals surface area (Å²) in [7, 11) is 0. The summed E-state index contributed by atoms with van der Waals surface area (Å²) in [6.07, 6.45) is 1.50. The van der Waals surface area contributed by atoms with Crippen molar-refractivity contribution < 1.29 is 19.8 Å². The summed E-state index contributed by atoms with van der Waals surface area (Å²) in [5, 5.41) is 23.0. The number of carbonyl (C=O) groups excluding carboxylic acids is 1. The van der Waals surface area contributed by atoms with Crippen LogP contribution in [0.25, 0.3) is 5.69 Å². The number of carbonyl (C=O) groups is 2. The number of aromatic nitrogens is 1. The van der Waals surface area contributed by atoms with Crippen LogP contribution >= 0.6 is 11.6 Å². The molecule has 0 aliphatic carbocycles. The number of amides is 1. The Morgan fingerprint density at radius 1 is 1.10 bits per heavy atom. The van der Waals surface area contributed by atoms with Crippen molar-refractivity contribution in [2.24, 2.45) is 5.10 Å². The van der Waals surface area contributed by atoms with E-state index in [1.54, 1.807) is 24.3 Å². The first-order valence-corrected chi connectivity index (χ1v) is 9.01. The molecule has 1 aromatic heterocycles. The van der Waals surface area contributed by atoms with E-state index >= 15 is 0 Å². The molecule has 0 atom stereocenters. The van der Waals surface area contributed by atoms with Crippen molar-refractivity contribution in [1.82, 2.24) is 9.99 Å². The SMILES string of the molecule is Cc1cc(/C=N/NC(=O)c2ccccc2O)c(C)n1-c1ccc(C(=O)O)c(Cl)c1. The molecule has 3 aromatic rings. The normalized spacial score (nSPS) is 11.0. The van der Waals surface area contributed by atoms with E-state index in [1.807, 2.05) is 24.5 Å². The van der Waals surface area contributed by atoms with E-state index in [0.717, 1.165) is 17.0 Å². The van der Waals surface area contributed by atoms with Gasteiger partial charge in [-0.3, -0.25) is 4.79 Å². The third kappa shape index (κ3) is 4.14. The molecule has 0 saturated heterocycles. The van der Waals surface area contributed by atoms with Crippen molar-refractivity contribution in [1.29, 1.82) is 0 Å². The summed E-state index contributed by atoms with van der Waals surface area (Å²) in [4.78, 5) is 23.3. The zero-order valence-electron chi connectivity index (χ0n) is 15.7. The van der Waals surface area contributed by atoms with E-state index < -0.39 is 11.9 Å². The minimum atomic E-state index is -1.09. The highest BCUT2D eigenvalue weighted by atomic mass is 35.5. The molecule has 8 heteroatoms. The molecule has 7 nitrogen and oxygen atoms in total. The lowest BCUT2D eigenvalue weighted by Gasteiger charge is -2.11. The minimum absolute atomic E-state index is 0.0338. The van der Waals surface area contributed by atoms with Crippen LogP contribution < -0.4 is 5.43 Å². The maximum Gasteiger partial charge on any atom is 0.337 e. The van der Waals surface area contributed by atoms with Crippen molar-refractivity contribution >= 4 is 29.7 Å². The van der Waals surface area contributed by atoms with Gasteiger partial charge in [-0.25, -0.2) is 10.2 Å². The summed E-state index contributed by atoms with van der Waals surface area (Å²) >= 11 is 6.09. The lowest BCUT2D eigenvalue weighted by Crippen LogP contribution is -2.17. The van der Waals surface area contributed by atoms with E-state index in [9.17, 15) is 14.7 Å². The maximum atomic E-state index is 12.1. The van der Waals surface area contributed by atoms with Crippen molar-refractivity contribution in [3.8, 4) is 11.4 Å². The number of hydrazone groups is 1. The van der Waals surface area contributed by atoms with Crippen molar-refractivity contribution in [3.05, 3.63) is 81.6 Å². The molecule has 0 aliphatic rings. The molecule has 0 bridgehead atoms. The van der Waals surface area contributed by atoms with Gasteiger partial charge in [0.05, 0.1) is 22.4 Å². The first-order chi connectivity index (χ1) is 13.8. The highest BCUT2D eigenvalue weighted by molar-refractivity contribution is 6.33. The fourth-order valence-corrected chi connectivity index (χ4v) is 3.27. The molecule has 3 N–H and O–H groups in total. The lowest BCUT2D eigenvalue weighted by atomic mass is 10.2. The number of halogens is 1. The average Bonchev–Trinajstić information content (AvgIpc) is 2.95. The molecule has 0 aliphatic heterocycles. The molecule has 0 radical (unpaired) electrons. The van der Waals surface area contributed by atoms with Gasteiger partial charge >= 0.3 is 5.97 Å². The van der Waals surface area contributed by atoms with Crippen LogP contribution in [0.2, 0.25) is 5.02 Å². The Kier molecular flexibility index (Phi) is 5.70. The van der Waals surface area contributed by atoms with Crippen molar-refractivity contribution in [2.75, 3.05) is 0 Å². The smallest absolute Gasteiger partial charge is 0.337 e. The topological polar surface area (TPSA) is 104 Å². The largest absolute Gasteiger partial charge is 0.507 e. The number of carboxylic acids is 1. The second kappa shape index (κ2) is 8.20. The fraction of sp³-hybridized carbons (Fsp3) is 0.0952.